The lowest BCUT2D eigenvalue weighted by molar-refractivity contribution is 0.202. The lowest BCUT2D eigenvalue weighted by atomic mass is 10.1. The van der Waals surface area contributed by atoms with E-state index in [4.69, 9.17) is 15.7 Å². The maximum absolute atomic E-state index is 9.02. The Morgan fingerprint density at radius 1 is 1.43 bits per heavy atom. The standard InChI is InChI=1S/C15H24BrN3O2/c1-4-12(5-2)19(8-9-21-3)14-7-6-11(16)10-13(14)15(17)18-20/h6-7,10,12,20H,4-5,8-9H2,1-3H3,(H2,17,18). The summed E-state index contributed by atoms with van der Waals surface area (Å²) in [6.07, 6.45) is 2.04. The highest BCUT2D eigenvalue weighted by Crippen LogP contribution is 2.27. The van der Waals surface area contributed by atoms with Crippen LogP contribution in [0, 0.1) is 0 Å². The second kappa shape index (κ2) is 8.89. The van der Waals surface area contributed by atoms with Crippen LogP contribution in [0.5, 0.6) is 0 Å². The average Bonchev–Trinajstić information content (AvgIpc) is 2.51. The zero-order chi connectivity index (χ0) is 15.8. The molecule has 0 aliphatic carbocycles. The van der Waals surface area contributed by atoms with Crippen molar-refractivity contribution in [3.63, 3.8) is 0 Å². The van der Waals surface area contributed by atoms with Crippen molar-refractivity contribution in [2.75, 3.05) is 25.2 Å². The summed E-state index contributed by atoms with van der Waals surface area (Å²) in [5.41, 5.74) is 7.51. The fourth-order valence-corrected chi connectivity index (χ4v) is 2.80. The molecular weight excluding hydrogens is 334 g/mol. The van der Waals surface area contributed by atoms with Crippen molar-refractivity contribution in [2.24, 2.45) is 10.9 Å². The number of anilines is 1. The molecule has 21 heavy (non-hydrogen) atoms. The van der Waals surface area contributed by atoms with Crippen molar-refractivity contribution in [1.82, 2.24) is 0 Å². The van der Waals surface area contributed by atoms with Crippen molar-refractivity contribution in [3.05, 3.63) is 28.2 Å². The van der Waals surface area contributed by atoms with Gasteiger partial charge in [0.05, 0.1) is 6.61 Å². The molecule has 0 aliphatic heterocycles. The Hall–Kier alpha value is -1.27. The van der Waals surface area contributed by atoms with Gasteiger partial charge in [-0.1, -0.05) is 34.9 Å². The lowest BCUT2D eigenvalue weighted by Crippen LogP contribution is -2.38. The first-order chi connectivity index (χ1) is 10.1. The fraction of sp³-hybridized carbons (Fsp3) is 0.533. The summed E-state index contributed by atoms with van der Waals surface area (Å²) >= 11 is 3.43. The number of oxime groups is 1. The number of nitrogens with two attached hydrogens (primary N) is 1. The minimum Gasteiger partial charge on any atom is -0.409 e. The van der Waals surface area contributed by atoms with Crippen molar-refractivity contribution >= 4 is 27.5 Å². The van der Waals surface area contributed by atoms with Gasteiger partial charge in [0.1, 0.15) is 0 Å². The molecule has 0 aliphatic rings. The van der Waals surface area contributed by atoms with E-state index in [2.05, 4.69) is 39.8 Å². The van der Waals surface area contributed by atoms with E-state index in [0.717, 1.165) is 35.1 Å². The predicted molar refractivity (Wildman–Crippen MR) is 90.2 cm³/mol. The van der Waals surface area contributed by atoms with E-state index >= 15 is 0 Å². The molecule has 0 radical (unpaired) electrons. The largest absolute Gasteiger partial charge is 0.409 e. The minimum absolute atomic E-state index is 0.111. The third-order valence-corrected chi connectivity index (χ3v) is 4.06. The van der Waals surface area contributed by atoms with E-state index in [9.17, 15) is 0 Å². The third kappa shape index (κ3) is 4.61. The highest BCUT2D eigenvalue weighted by Gasteiger charge is 2.20. The van der Waals surface area contributed by atoms with Crippen LogP contribution >= 0.6 is 15.9 Å². The molecular formula is C15H24BrN3O2. The Bertz CT molecular complexity index is 476. The van der Waals surface area contributed by atoms with Crippen molar-refractivity contribution in [1.29, 1.82) is 0 Å². The molecule has 0 heterocycles. The normalized spacial score (nSPS) is 12.0. The summed E-state index contributed by atoms with van der Waals surface area (Å²) in [6, 6.07) is 6.20. The number of ether oxygens (including phenoxy) is 1. The van der Waals surface area contributed by atoms with Crippen molar-refractivity contribution < 1.29 is 9.94 Å². The molecule has 0 saturated carbocycles. The number of nitrogens with zero attached hydrogens (tertiary/aromatic N) is 2. The maximum atomic E-state index is 9.02. The summed E-state index contributed by atoms with van der Waals surface area (Å²) in [7, 11) is 1.69. The summed E-state index contributed by atoms with van der Waals surface area (Å²) < 4.78 is 6.11. The van der Waals surface area contributed by atoms with Crippen LogP contribution in [-0.2, 0) is 4.74 Å². The molecule has 0 fully saturated rings. The molecule has 0 aromatic heterocycles. The Morgan fingerprint density at radius 3 is 2.62 bits per heavy atom. The highest BCUT2D eigenvalue weighted by atomic mass is 79.9. The first kappa shape index (κ1) is 17.8. The van der Waals surface area contributed by atoms with Gasteiger partial charge in [-0.15, -0.1) is 0 Å². The molecule has 0 bridgehead atoms. The molecule has 118 valence electrons. The first-order valence-corrected chi connectivity index (χ1v) is 7.91. The number of benzene rings is 1. The second-order valence-electron chi connectivity index (χ2n) is 4.80. The van der Waals surface area contributed by atoms with Gasteiger partial charge in [0.15, 0.2) is 5.84 Å². The number of amidine groups is 1. The Morgan fingerprint density at radius 2 is 2.10 bits per heavy atom. The molecule has 1 aromatic carbocycles. The van der Waals surface area contributed by atoms with Crippen LogP contribution in [0.15, 0.2) is 27.8 Å². The average molecular weight is 358 g/mol. The first-order valence-electron chi connectivity index (χ1n) is 7.11. The quantitative estimate of drug-likeness (QED) is 0.324. The number of hydrogen-bond acceptors (Lipinski definition) is 4. The van der Waals surface area contributed by atoms with Gasteiger partial charge in [-0.05, 0) is 31.0 Å². The van der Waals surface area contributed by atoms with E-state index in [1.54, 1.807) is 7.11 Å². The van der Waals surface area contributed by atoms with Gasteiger partial charge in [0, 0.05) is 35.4 Å². The molecule has 1 rings (SSSR count). The van der Waals surface area contributed by atoms with Gasteiger partial charge in [-0.2, -0.15) is 0 Å². The topological polar surface area (TPSA) is 71.1 Å². The van der Waals surface area contributed by atoms with Crippen molar-refractivity contribution in [3.8, 4) is 0 Å². The number of halogens is 1. The van der Waals surface area contributed by atoms with Crippen LogP contribution in [0.4, 0.5) is 5.69 Å². The lowest BCUT2D eigenvalue weighted by Gasteiger charge is -2.34. The number of hydrogen-bond donors (Lipinski definition) is 2. The smallest absolute Gasteiger partial charge is 0.172 e. The summed E-state index contributed by atoms with van der Waals surface area (Å²) in [5, 5.41) is 12.2. The number of methoxy groups -OCH3 is 1. The fourth-order valence-electron chi connectivity index (χ4n) is 2.44. The van der Waals surface area contributed by atoms with E-state index in [1.165, 1.54) is 0 Å². The van der Waals surface area contributed by atoms with Gasteiger partial charge < -0.3 is 20.6 Å². The Kier molecular flexibility index (Phi) is 7.53. The van der Waals surface area contributed by atoms with E-state index in [-0.39, 0.29) is 5.84 Å². The van der Waals surface area contributed by atoms with Crippen LogP contribution in [0.2, 0.25) is 0 Å². The zero-order valence-corrected chi connectivity index (χ0v) is 14.4. The van der Waals surface area contributed by atoms with E-state index in [0.29, 0.717) is 12.6 Å². The maximum Gasteiger partial charge on any atom is 0.172 e. The van der Waals surface area contributed by atoms with Gasteiger partial charge in [0.2, 0.25) is 0 Å². The summed E-state index contributed by atoms with van der Waals surface area (Å²) in [4.78, 5) is 2.27. The molecule has 6 heteroatoms. The van der Waals surface area contributed by atoms with E-state index in [1.807, 2.05) is 18.2 Å². The summed E-state index contributed by atoms with van der Waals surface area (Å²) in [5.74, 6) is 0.111. The van der Waals surface area contributed by atoms with Gasteiger partial charge in [-0.3, -0.25) is 0 Å². The molecule has 0 atom stereocenters. The Balaban J connectivity index is 3.28. The molecule has 0 saturated heterocycles. The summed E-state index contributed by atoms with van der Waals surface area (Å²) in [6.45, 7) is 5.71. The van der Waals surface area contributed by atoms with Crippen LogP contribution in [-0.4, -0.2) is 37.3 Å². The monoisotopic (exact) mass is 357 g/mol. The molecule has 5 nitrogen and oxygen atoms in total. The molecule has 0 unspecified atom stereocenters. The van der Waals surface area contributed by atoms with Crippen LogP contribution in [0.3, 0.4) is 0 Å². The second-order valence-corrected chi connectivity index (χ2v) is 5.72. The van der Waals surface area contributed by atoms with Crippen LogP contribution in [0.25, 0.3) is 0 Å². The number of rotatable bonds is 8. The minimum atomic E-state index is 0.111. The highest BCUT2D eigenvalue weighted by molar-refractivity contribution is 9.10. The Labute approximate surface area is 134 Å². The van der Waals surface area contributed by atoms with Gasteiger partial charge in [-0.25, -0.2) is 0 Å². The molecule has 3 N–H and O–H groups in total. The van der Waals surface area contributed by atoms with Gasteiger partial charge in [0.25, 0.3) is 0 Å². The third-order valence-electron chi connectivity index (χ3n) is 3.57. The zero-order valence-electron chi connectivity index (χ0n) is 12.8. The van der Waals surface area contributed by atoms with Gasteiger partial charge >= 0.3 is 0 Å². The molecule has 1 aromatic rings. The van der Waals surface area contributed by atoms with E-state index < -0.39 is 0 Å². The molecule has 0 amide bonds. The molecule has 0 spiro atoms. The SMILES string of the molecule is CCC(CC)N(CCOC)c1ccc(Br)cc1/C(N)=N/O. The predicted octanol–water partition coefficient (Wildman–Crippen LogP) is 3.19. The van der Waals surface area contributed by atoms with Crippen LogP contribution in [0.1, 0.15) is 32.3 Å². The van der Waals surface area contributed by atoms with Crippen LogP contribution < -0.4 is 10.6 Å². The van der Waals surface area contributed by atoms with Crippen molar-refractivity contribution in [2.45, 2.75) is 32.7 Å².